The smallest absolute Gasteiger partial charge is 0.307 e. The van der Waals surface area contributed by atoms with Crippen LogP contribution in [0.4, 0.5) is 0 Å². The van der Waals surface area contributed by atoms with E-state index in [-0.39, 0.29) is 5.92 Å². The second-order valence-electron chi connectivity index (χ2n) is 4.28. The van der Waals surface area contributed by atoms with E-state index in [1.165, 1.54) is 18.5 Å². The molecule has 1 aliphatic carbocycles. The highest BCUT2D eigenvalue weighted by Gasteiger charge is 2.25. The van der Waals surface area contributed by atoms with Gasteiger partial charge in [-0.05, 0) is 12.8 Å². The summed E-state index contributed by atoms with van der Waals surface area (Å²) in [6.07, 6.45) is 6.27. The summed E-state index contributed by atoms with van der Waals surface area (Å²) in [4.78, 5) is 14.8. The van der Waals surface area contributed by atoms with Crippen molar-refractivity contribution < 1.29 is 9.90 Å². The molecule has 0 spiro atoms. The van der Waals surface area contributed by atoms with E-state index in [0.29, 0.717) is 11.8 Å². The Morgan fingerprint density at radius 3 is 3.12 bits per heavy atom. The number of nitrogens with zero attached hydrogens (tertiary/aromatic N) is 2. The van der Waals surface area contributed by atoms with Crippen molar-refractivity contribution >= 4 is 17.7 Å². The lowest BCUT2D eigenvalue weighted by Crippen LogP contribution is -2.12. The Hall–Kier alpha value is -0.970. The first kappa shape index (κ1) is 11.5. The molecule has 1 N–H and O–H groups in total. The molecule has 0 radical (unpaired) electrons. The lowest BCUT2D eigenvalue weighted by atomic mass is 10.2. The first-order chi connectivity index (χ1) is 7.68. The first-order valence-corrected chi connectivity index (χ1v) is 6.65. The maximum absolute atomic E-state index is 10.6. The molecule has 1 fully saturated rings. The van der Waals surface area contributed by atoms with Gasteiger partial charge in [0.25, 0.3) is 0 Å². The number of hydrogen-bond donors (Lipinski definition) is 1. The molecule has 0 bridgehead atoms. The van der Waals surface area contributed by atoms with Crippen LogP contribution in [0.2, 0.25) is 0 Å². The molecule has 4 nitrogen and oxygen atoms in total. The lowest BCUT2D eigenvalue weighted by Gasteiger charge is -2.08. The fourth-order valence-electron chi connectivity index (χ4n) is 1.54. The van der Waals surface area contributed by atoms with Crippen molar-refractivity contribution in [1.82, 2.24) is 9.55 Å². The summed E-state index contributed by atoms with van der Waals surface area (Å²) in [6.45, 7) is 1.74. The second-order valence-corrected chi connectivity index (χ2v) is 5.31. The highest BCUT2D eigenvalue weighted by Crippen LogP contribution is 2.36. The van der Waals surface area contributed by atoms with E-state index in [2.05, 4.69) is 9.55 Å². The lowest BCUT2D eigenvalue weighted by molar-refractivity contribution is -0.140. The first-order valence-electron chi connectivity index (χ1n) is 5.49. The average Bonchev–Trinajstić information content (AvgIpc) is 2.99. The van der Waals surface area contributed by atoms with E-state index in [4.69, 9.17) is 5.11 Å². The summed E-state index contributed by atoms with van der Waals surface area (Å²) in [5.74, 6) is 0.518. The van der Waals surface area contributed by atoms with Gasteiger partial charge in [-0.2, -0.15) is 11.8 Å². The molecule has 1 aromatic heterocycles. The molecule has 0 saturated heterocycles. The Balaban J connectivity index is 1.80. The van der Waals surface area contributed by atoms with Gasteiger partial charge in [-0.3, -0.25) is 4.79 Å². The van der Waals surface area contributed by atoms with Gasteiger partial charge in [0.1, 0.15) is 0 Å². The van der Waals surface area contributed by atoms with Gasteiger partial charge >= 0.3 is 5.97 Å². The summed E-state index contributed by atoms with van der Waals surface area (Å²) in [5, 5.41) is 8.76. The highest BCUT2D eigenvalue weighted by atomic mass is 32.2. The van der Waals surface area contributed by atoms with Crippen LogP contribution in [0.3, 0.4) is 0 Å². The van der Waals surface area contributed by atoms with Gasteiger partial charge < -0.3 is 9.67 Å². The second kappa shape index (κ2) is 4.91. The largest absolute Gasteiger partial charge is 0.481 e. The Kier molecular flexibility index (Phi) is 3.53. The van der Waals surface area contributed by atoms with Crippen LogP contribution in [-0.2, 0) is 10.5 Å². The molecular formula is C11H16N2O2S. The Morgan fingerprint density at radius 2 is 2.50 bits per heavy atom. The van der Waals surface area contributed by atoms with Gasteiger partial charge in [-0.25, -0.2) is 4.98 Å². The molecule has 16 heavy (non-hydrogen) atoms. The average molecular weight is 240 g/mol. The number of hydrogen-bond acceptors (Lipinski definition) is 3. The van der Waals surface area contributed by atoms with Gasteiger partial charge in [-0.15, -0.1) is 0 Å². The van der Waals surface area contributed by atoms with Crippen molar-refractivity contribution in [3.05, 3.63) is 18.2 Å². The number of imidazole rings is 1. The fourth-order valence-corrected chi connectivity index (χ4v) is 2.58. The minimum absolute atomic E-state index is 0.276. The van der Waals surface area contributed by atoms with Crippen LogP contribution in [0.1, 0.15) is 31.5 Å². The van der Waals surface area contributed by atoms with E-state index in [1.807, 2.05) is 12.5 Å². The van der Waals surface area contributed by atoms with Crippen LogP contribution >= 0.6 is 11.8 Å². The van der Waals surface area contributed by atoms with Crippen molar-refractivity contribution in [3.8, 4) is 0 Å². The number of aliphatic carboxylic acids is 1. The third kappa shape index (κ3) is 2.78. The van der Waals surface area contributed by atoms with Gasteiger partial charge in [0.2, 0.25) is 0 Å². The molecule has 1 aromatic rings. The van der Waals surface area contributed by atoms with Crippen molar-refractivity contribution in [3.63, 3.8) is 0 Å². The highest BCUT2D eigenvalue weighted by molar-refractivity contribution is 7.98. The van der Waals surface area contributed by atoms with Crippen molar-refractivity contribution in [1.29, 1.82) is 0 Å². The van der Waals surface area contributed by atoms with Crippen LogP contribution in [0.25, 0.3) is 0 Å². The summed E-state index contributed by atoms with van der Waals surface area (Å²) >= 11 is 1.67. The molecule has 88 valence electrons. The molecule has 2 rings (SSSR count). The van der Waals surface area contributed by atoms with E-state index in [9.17, 15) is 4.79 Å². The van der Waals surface area contributed by atoms with Crippen LogP contribution in [-0.4, -0.2) is 26.4 Å². The predicted octanol–water partition coefficient (Wildman–Crippen LogP) is 2.17. The monoisotopic (exact) mass is 240 g/mol. The summed E-state index contributed by atoms with van der Waals surface area (Å²) in [5.41, 5.74) is 1.21. The molecular weight excluding hydrogens is 224 g/mol. The fraction of sp³-hybridized carbons (Fsp3) is 0.636. The predicted molar refractivity (Wildman–Crippen MR) is 63.5 cm³/mol. The maximum Gasteiger partial charge on any atom is 0.307 e. The minimum atomic E-state index is -0.719. The molecule has 1 heterocycles. The molecule has 1 unspecified atom stereocenters. The number of carboxylic acid groups (broad SMARTS) is 1. The van der Waals surface area contributed by atoms with Gasteiger partial charge in [0.05, 0.1) is 12.2 Å². The minimum Gasteiger partial charge on any atom is -0.481 e. The molecule has 5 heteroatoms. The Bertz CT molecular complexity index is 374. The number of carbonyl (C=O) groups is 1. The van der Waals surface area contributed by atoms with E-state index in [1.54, 1.807) is 18.7 Å². The number of rotatable bonds is 6. The Morgan fingerprint density at radius 1 is 1.75 bits per heavy atom. The zero-order valence-corrected chi connectivity index (χ0v) is 10.1. The summed E-state index contributed by atoms with van der Waals surface area (Å²) < 4.78 is 2.22. The van der Waals surface area contributed by atoms with Gasteiger partial charge in [0, 0.05) is 29.4 Å². The SMILES string of the molecule is CC(CSCc1cncn1C1CC1)C(=O)O. The molecule has 0 aromatic carbocycles. The van der Waals surface area contributed by atoms with Crippen molar-refractivity contribution in [2.24, 2.45) is 5.92 Å². The van der Waals surface area contributed by atoms with E-state index >= 15 is 0 Å². The van der Waals surface area contributed by atoms with Crippen LogP contribution in [0.15, 0.2) is 12.5 Å². The quantitative estimate of drug-likeness (QED) is 0.828. The third-order valence-corrected chi connectivity index (χ3v) is 3.96. The topological polar surface area (TPSA) is 55.1 Å². The van der Waals surface area contributed by atoms with Crippen LogP contribution < -0.4 is 0 Å². The Labute approximate surface area is 99.1 Å². The maximum atomic E-state index is 10.6. The van der Waals surface area contributed by atoms with Gasteiger partial charge in [-0.1, -0.05) is 6.92 Å². The standard InChI is InChI=1S/C11H16N2O2S/c1-8(11(14)15)5-16-6-10-4-12-7-13(10)9-2-3-9/h4,7-9H,2-3,5-6H2,1H3,(H,14,15). The number of aromatic nitrogens is 2. The third-order valence-electron chi connectivity index (χ3n) is 2.73. The van der Waals surface area contributed by atoms with E-state index in [0.717, 1.165) is 5.75 Å². The molecule has 1 aliphatic rings. The zero-order valence-electron chi connectivity index (χ0n) is 9.30. The summed E-state index contributed by atoms with van der Waals surface area (Å²) in [7, 11) is 0. The van der Waals surface area contributed by atoms with Crippen LogP contribution in [0, 0.1) is 5.92 Å². The summed E-state index contributed by atoms with van der Waals surface area (Å²) in [6, 6.07) is 0.648. The normalized spacial score (nSPS) is 17.3. The van der Waals surface area contributed by atoms with Gasteiger partial charge in [0.15, 0.2) is 0 Å². The van der Waals surface area contributed by atoms with Crippen LogP contribution in [0.5, 0.6) is 0 Å². The molecule has 0 amide bonds. The van der Waals surface area contributed by atoms with Crippen molar-refractivity contribution in [2.45, 2.75) is 31.6 Å². The zero-order chi connectivity index (χ0) is 11.5. The molecule has 1 atom stereocenters. The van der Waals surface area contributed by atoms with E-state index < -0.39 is 5.97 Å². The molecule has 0 aliphatic heterocycles. The van der Waals surface area contributed by atoms with Crippen molar-refractivity contribution in [2.75, 3.05) is 5.75 Å². The number of carboxylic acids is 1. The number of thioether (sulfide) groups is 1. The molecule has 1 saturated carbocycles.